The van der Waals surface area contributed by atoms with Gasteiger partial charge < -0.3 is 15.2 Å². The van der Waals surface area contributed by atoms with E-state index in [4.69, 9.17) is 15.2 Å². The van der Waals surface area contributed by atoms with Gasteiger partial charge in [-0.05, 0) is 25.5 Å². The van der Waals surface area contributed by atoms with Crippen molar-refractivity contribution in [2.75, 3.05) is 20.8 Å². The van der Waals surface area contributed by atoms with E-state index < -0.39 is 0 Å². The fourth-order valence-corrected chi connectivity index (χ4v) is 1.77. The zero-order valence-electron chi connectivity index (χ0n) is 10.1. The number of carbonyl (C=O) groups excluding carboxylic acids is 1. The number of rotatable bonds is 4. The number of methoxy groups -OCH3 is 2. The second-order valence-corrected chi connectivity index (χ2v) is 3.56. The van der Waals surface area contributed by atoms with Crippen LogP contribution in [0.5, 0.6) is 11.5 Å². The van der Waals surface area contributed by atoms with Crippen molar-refractivity contribution in [1.82, 2.24) is 0 Å². The summed E-state index contributed by atoms with van der Waals surface area (Å²) < 4.78 is 10.5. The lowest BCUT2D eigenvalue weighted by molar-refractivity contribution is 0.0997. The second kappa shape index (κ2) is 4.99. The maximum Gasteiger partial charge on any atom is 0.180 e. The third kappa shape index (κ3) is 2.02. The first-order valence-corrected chi connectivity index (χ1v) is 5.02. The minimum atomic E-state index is -0.125. The van der Waals surface area contributed by atoms with Gasteiger partial charge in [-0.2, -0.15) is 0 Å². The molecule has 2 N–H and O–H groups in total. The minimum Gasteiger partial charge on any atom is -0.496 e. The van der Waals surface area contributed by atoms with Crippen LogP contribution in [0.4, 0.5) is 0 Å². The van der Waals surface area contributed by atoms with Crippen LogP contribution in [0.3, 0.4) is 0 Å². The average Bonchev–Trinajstić information content (AvgIpc) is 2.29. The van der Waals surface area contributed by atoms with Crippen molar-refractivity contribution in [2.24, 2.45) is 5.73 Å². The Morgan fingerprint density at radius 3 is 2.38 bits per heavy atom. The lowest BCUT2D eigenvalue weighted by atomic mass is 9.99. The third-order valence-corrected chi connectivity index (χ3v) is 2.57. The summed E-state index contributed by atoms with van der Waals surface area (Å²) in [6.07, 6.45) is 0. The Hall–Kier alpha value is -1.55. The van der Waals surface area contributed by atoms with Crippen LogP contribution in [-0.2, 0) is 0 Å². The molecule has 1 rings (SSSR count). The van der Waals surface area contributed by atoms with E-state index in [-0.39, 0.29) is 12.3 Å². The monoisotopic (exact) mass is 223 g/mol. The summed E-state index contributed by atoms with van der Waals surface area (Å²) in [5, 5.41) is 0. The van der Waals surface area contributed by atoms with Crippen LogP contribution in [0, 0.1) is 13.8 Å². The maximum absolute atomic E-state index is 11.7. The molecule has 0 unspecified atom stereocenters. The molecule has 0 saturated heterocycles. The molecule has 0 heterocycles. The highest BCUT2D eigenvalue weighted by Crippen LogP contribution is 2.34. The molecule has 0 spiro atoms. The first-order valence-electron chi connectivity index (χ1n) is 5.02. The van der Waals surface area contributed by atoms with Gasteiger partial charge in [0.05, 0.1) is 26.3 Å². The van der Waals surface area contributed by atoms with Crippen molar-refractivity contribution >= 4 is 5.78 Å². The number of aryl methyl sites for hydroxylation is 1. The molecular formula is C12H17NO3. The number of nitrogens with two attached hydrogens (primary N) is 1. The van der Waals surface area contributed by atoms with Gasteiger partial charge >= 0.3 is 0 Å². The van der Waals surface area contributed by atoms with E-state index in [2.05, 4.69) is 0 Å². The number of ether oxygens (including phenoxy) is 2. The highest BCUT2D eigenvalue weighted by Gasteiger charge is 2.19. The highest BCUT2D eigenvalue weighted by atomic mass is 16.5. The number of ketones is 1. The van der Waals surface area contributed by atoms with Crippen molar-refractivity contribution < 1.29 is 14.3 Å². The Labute approximate surface area is 95.3 Å². The van der Waals surface area contributed by atoms with Crippen molar-refractivity contribution in [2.45, 2.75) is 13.8 Å². The van der Waals surface area contributed by atoms with Gasteiger partial charge in [0.15, 0.2) is 5.78 Å². The summed E-state index contributed by atoms with van der Waals surface area (Å²) in [5.74, 6) is 1.13. The molecule has 0 bridgehead atoms. The Morgan fingerprint density at radius 2 is 1.94 bits per heavy atom. The zero-order valence-corrected chi connectivity index (χ0v) is 10.1. The van der Waals surface area contributed by atoms with Gasteiger partial charge in [-0.1, -0.05) is 0 Å². The summed E-state index contributed by atoms with van der Waals surface area (Å²) in [4.78, 5) is 11.7. The van der Waals surface area contributed by atoms with Crippen LogP contribution in [0.1, 0.15) is 21.5 Å². The van der Waals surface area contributed by atoms with E-state index in [1.54, 1.807) is 7.11 Å². The summed E-state index contributed by atoms with van der Waals surface area (Å²) in [6.45, 7) is 3.67. The fourth-order valence-electron chi connectivity index (χ4n) is 1.77. The molecule has 16 heavy (non-hydrogen) atoms. The molecule has 0 aliphatic carbocycles. The van der Waals surface area contributed by atoms with E-state index in [0.29, 0.717) is 17.1 Å². The first-order chi connectivity index (χ1) is 7.56. The molecule has 88 valence electrons. The largest absolute Gasteiger partial charge is 0.496 e. The first kappa shape index (κ1) is 12.5. The predicted molar refractivity (Wildman–Crippen MR) is 62.4 cm³/mol. The molecule has 0 saturated carbocycles. The minimum absolute atomic E-state index is 0.0248. The summed E-state index contributed by atoms with van der Waals surface area (Å²) in [6, 6.07) is 1.82. The standard InChI is InChI=1S/C12H17NO3/c1-7-5-10(15-3)8(2)12(16-4)11(7)9(14)6-13/h5H,6,13H2,1-4H3. The van der Waals surface area contributed by atoms with Crippen molar-refractivity contribution in [3.63, 3.8) is 0 Å². The average molecular weight is 223 g/mol. The van der Waals surface area contributed by atoms with E-state index in [1.165, 1.54) is 7.11 Å². The van der Waals surface area contributed by atoms with E-state index in [1.807, 2.05) is 19.9 Å². The Bertz CT molecular complexity index is 413. The Morgan fingerprint density at radius 1 is 1.31 bits per heavy atom. The second-order valence-electron chi connectivity index (χ2n) is 3.56. The SMILES string of the molecule is COc1cc(C)c(C(=O)CN)c(OC)c1C. The van der Waals surface area contributed by atoms with E-state index in [9.17, 15) is 4.79 Å². The van der Waals surface area contributed by atoms with E-state index >= 15 is 0 Å². The van der Waals surface area contributed by atoms with Crippen LogP contribution >= 0.6 is 0 Å². The van der Waals surface area contributed by atoms with Gasteiger partial charge in [0.25, 0.3) is 0 Å². The molecule has 4 nitrogen and oxygen atoms in total. The molecule has 1 aromatic carbocycles. The quantitative estimate of drug-likeness (QED) is 0.785. The molecule has 0 aliphatic heterocycles. The van der Waals surface area contributed by atoms with Gasteiger partial charge in [-0.25, -0.2) is 0 Å². The third-order valence-electron chi connectivity index (χ3n) is 2.57. The van der Waals surface area contributed by atoms with Gasteiger partial charge in [0.2, 0.25) is 0 Å². The van der Waals surface area contributed by atoms with Gasteiger partial charge in [-0.3, -0.25) is 4.79 Å². The Kier molecular flexibility index (Phi) is 3.90. The van der Waals surface area contributed by atoms with Crippen LogP contribution in [0.15, 0.2) is 6.07 Å². The molecule has 4 heteroatoms. The summed E-state index contributed by atoms with van der Waals surface area (Å²) >= 11 is 0. The molecule has 1 aromatic rings. The molecular weight excluding hydrogens is 206 g/mol. The van der Waals surface area contributed by atoms with Gasteiger partial charge in [0.1, 0.15) is 11.5 Å². The van der Waals surface area contributed by atoms with E-state index in [0.717, 1.165) is 11.1 Å². The summed E-state index contributed by atoms with van der Waals surface area (Å²) in [5.41, 5.74) is 7.55. The smallest absolute Gasteiger partial charge is 0.180 e. The maximum atomic E-state index is 11.7. The summed E-state index contributed by atoms with van der Waals surface area (Å²) in [7, 11) is 3.13. The Balaban J connectivity index is 3.49. The topological polar surface area (TPSA) is 61.5 Å². The molecule has 0 aliphatic rings. The predicted octanol–water partition coefficient (Wildman–Crippen LogP) is 1.46. The number of carbonyl (C=O) groups is 1. The lowest BCUT2D eigenvalue weighted by Crippen LogP contribution is -2.16. The van der Waals surface area contributed by atoms with Gasteiger partial charge in [0, 0.05) is 5.56 Å². The van der Waals surface area contributed by atoms with Crippen molar-refractivity contribution in [1.29, 1.82) is 0 Å². The normalized spacial score (nSPS) is 10.1. The molecule has 0 amide bonds. The number of hydrogen-bond donors (Lipinski definition) is 1. The van der Waals surface area contributed by atoms with Crippen LogP contribution < -0.4 is 15.2 Å². The van der Waals surface area contributed by atoms with Crippen molar-refractivity contribution in [3.8, 4) is 11.5 Å². The van der Waals surface area contributed by atoms with Crippen LogP contribution in [0.25, 0.3) is 0 Å². The molecule has 0 fully saturated rings. The number of benzene rings is 1. The molecule has 0 atom stereocenters. The zero-order chi connectivity index (χ0) is 12.3. The number of hydrogen-bond acceptors (Lipinski definition) is 4. The highest BCUT2D eigenvalue weighted by molar-refractivity contribution is 6.02. The molecule has 0 radical (unpaired) electrons. The van der Waals surface area contributed by atoms with Gasteiger partial charge in [-0.15, -0.1) is 0 Å². The lowest BCUT2D eigenvalue weighted by Gasteiger charge is -2.16. The fraction of sp³-hybridized carbons (Fsp3) is 0.417. The van der Waals surface area contributed by atoms with Crippen LogP contribution in [0.2, 0.25) is 0 Å². The molecule has 0 aromatic heterocycles. The van der Waals surface area contributed by atoms with Crippen molar-refractivity contribution in [3.05, 3.63) is 22.8 Å². The number of Topliss-reactive ketones (excluding diaryl/α,β-unsaturated/α-hetero) is 1. The van der Waals surface area contributed by atoms with Crippen LogP contribution in [-0.4, -0.2) is 26.5 Å².